The number of urea groups is 1. The van der Waals surface area contributed by atoms with E-state index in [0.29, 0.717) is 17.8 Å². The number of rotatable bonds is 7. The van der Waals surface area contributed by atoms with Crippen molar-refractivity contribution in [3.8, 4) is 0 Å². The molecule has 7 nitrogen and oxygen atoms in total. The molecule has 0 radical (unpaired) electrons. The molecular formula is C24H31N3O4. The predicted molar refractivity (Wildman–Crippen MR) is 122 cm³/mol. The summed E-state index contributed by atoms with van der Waals surface area (Å²) in [5.41, 5.74) is 1.41. The smallest absolute Gasteiger partial charge is 0.329 e. The summed E-state index contributed by atoms with van der Waals surface area (Å²) in [6, 6.07) is 14.8. The van der Waals surface area contributed by atoms with Gasteiger partial charge in [-0.1, -0.05) is 44.2 Å². The van der Waals surface area contributed by atoms with Crippen LogP contribution in [-0.4, -0.2) is 29.6 Å². The molecule has 0 fully saturated rings. The Balaban J connectivity index is 2.03. The van der Waals surface area contributed by atoms with Crippen LogP contribution in [0, 0.1) is 5.92 Å². The molecule has 0 aliphatic rings. The second kappa shape index (κ2) is 10.6. The number of hydrogen-bond acceptors (Lipinski definition) is 4. The molecule has 0 bridgehead atoms. The van der Waals surface area contributed by atoms with Gasteiger partial charge in [0.05, 0.1) is 0 Å². The van der Waals surface area contributed by atoms with Gasteiger partial charge in [0, 0.05) is 23.7 Å². The molecule has 0 aromatic heterocycles. The highest BCUT2D eigenvalue weighted by atomic mass is 16.6. The van der Waals surface area contributed by atoms with Crippen LogP contribution in [0.2, 0.25) is 0 Å². The van der Waals surface area contributed by atoms with Crippen molar-refractivity contribution >= 4 is 29.3 Å². The number of hydrogen-bond donors (Lipinski definition) is 3. The summed E-state index contributed by atoms with van der Waals surface area (Å²) in [7, 11) is 0. The summed E-state index contributed by atoms with van der Waals surface area (Å²) in [5.74, 6) is -0.712. The minimum absolute atomic E-state index is 0.0837. The van der Waals surface area contributed by atoms with E-state index in [2.05, 4.69) is 16.0 Å². The monoisotopic (exact) mass is 425 g/mol. The standard InChI is InChI=1S/C24H31N3O4/c1-16(2)21(28)25-18-11-13-19(14-12-18)26-23(30)27-20(22(29)31-24(3,4)5)15-17-9-7-6-8-10-17/h6-14,16,20H,15H2,1-5H3,(H,25,28)(H2,26,27,30)/t20-/m0/s1. The van der Waals surface area contributed by atoms with E-state index in [1.807, 2.05) is 44.2 Å². The molecule has 31 heavy (non-hydrogen) atoms. The molecule has 0 spiro atoms. The van der Waals surface area contributed by atoms with Crippen molar-refractivity contribution in [3.63, 3.8) is 0 Å². The summed E-state index contributed by atoms with van der Waals surface area (Å²) in [5, 5.41) is 8.20. The number of amides is 3. The molecule has 7 heteroatoms. The highest BCUT2D eigenvalue weighted by Gasteiger charge is 2.27. The Labute approximate surface area is 183 Å². The summed E-state index contributed by atoms with van der Waals surface area (Å²) >= 11 is 0. The quantitative estimate of drug-likeness (QED) is 0.575. The second-order valence-electron chi connectivity index (χ2n) is 8.60. The summed E-state index contributed by atoms with van der Waals surface area (Å²) in [6.45, 7) is 8.97. The molecular weight excluding hydrogens is 394 g/mol. The molecule has 0 aliphatic carbocycles. The van der Waals surface area contributed by atoms with E-state index in [-0.39, 0.29) is 11.8 Å². The zero-order valence-electron chi connectivity index (χ0n) is 18.7. The van der Waals surface area contributed by atoms with Gasteiger partial charge in [-0.05, 0) is 50.6 Å². The lowest BCUT2D eigenvalue weighted by molar-refractivity contribution is -0.157. The van der Waals surface area contributed by atoms with Crippen molar-refractivity contribution in [1.29, 1.82) is 0 Å². The first-order valence-corrected chi connectivity index (χ1v) is 10.3. The molecule has 0 saturated carbocycles. The number of carbonyl (C=O) groups excluding carboxylic acids is 3. The number of ether oxygens (including phenoxy) is 1. The maximum absolute atomic E-state index is 12.6. The topological polar surface area (TPSA) is 96.5 Å². The van der Waals surface area contributed by atoms with Crippen molar-refractivity contribution in [2.75, 3.05) is 10.6 Å². The van der Waals surface area contributed by atoms with Crippen LogP contribution in [0.4, 0.5) is 16.2 Å². The second-order valence-corrected chi connectivity index (χ2v) is 8.60. The zero-order chi connectivity index (χ0) is 23.0. The van der Waals surface area contributed by atoms with Crippen molar-refractivity contribution in [1.82, 2.24) is 5.32 Å². The van der Waals surface area contributed by atoms with Gasteiger partial charge in [0.1, 0.15) is 11.6 Å². The van der Waals surface area contributed by atoms with Gasteiger partial charge < -0.3 is 20.7 Å². The number of esters is 1. The molecule has 166 valence electrons. The third kappa shape index (κ3) is 8.50. The lowest BCUT2D eigenvalue weighted by Gasteiger charge is -2.24. The van der Waals surface area contributed by atoms with Crippen LogP contribution >= 0.6 is 0 Å². The molecule has 2 aromatic rings. The highest BCUT2D eigenvalue weighted by molar-refractivity contribution is 5.94. The largest absolute Gasteiger partial charge is 0.458 e. The molecule has 3 N–H and O–H groups in total. The lowest BCUT2D eigenvalue weighted by atomic mass is 10.1. The normalized spacial score (nSPS) is 12.1. The van der Waals surface area contributed by atoms with E-state index in [4.69, 9.17) is 4.74 Å². The maximum atomic E-state index is 12.6. The summed E-state index contributed by atoms with van der Waals surface area (Å²) in [4.78, 5) is 37.0. The van der Waals surface area contributed by atoms with E-state index in [1.165, 1.54) is 0 Å². The highest BCUT2D eigenvalue weighted by Crippen LogP contribution is 2.15. The van der Waals surface area contributed by atoms with Gasteiger partial charge in [0.2, 0.25) is 5.91 Å². The molecule has 0 aliphatic heterocycles. The van der Waals surface area contributed by atoms with Gasteiger partial charge >= 0.3 is 12.0 Å². The van der Waals surface area contributed by atoms with Gasteiger partial charge in [-0.2, -0.15) is 0 Å². The van der Waals surface area contributed by atoms with Crippen LogP contribution < -0.4 is 16.0 Å². The average molecular weight is 426 g/mol. The van der Waals surface area contributed by atoms with E-state index in [9.17, 15) is 14.4 Å². The number of anilines is 2. The predicted octanol–water partition coefficient (Wildman–Crippen LogP) is 4.36. The SMILES string of the molecule is CC(C)C(=O)Nc1ccc(NC(=O)N[C@@H](Cc2ccccc2)C(=O)OC(C)(C)C)cc1. The van der Waals surface area contributed by atoms with E-state index >= 15 is 0 Å². The van der Waals surface area contributed by atoms with Crippen molar-refractivity contribution in [2.24, 2.45) is 5.92 Å². The summed E-state index contributed by atoms with van der Waals surface area (Å²) in [6.07, 6.45) is 0.309. The zero-order valence-corrected chi connectivity index (χ0v) is 18.7. The average Bonchev–Trinajstić information content (AvgIpc) is 2.68. The van der Waals surface area contributed by atoms with E-state index in [0.717, 1.165) is 5.56 Å². The molecule has 1 atom stereocenters. The Morgan fingerprint density at radius 2 is 1.42 bits per heavy atom. The third-order valence-electron chi connectivity index (χ3n) is 4.21. The first kappa shape index (κ1) is 23.9. The van der Waals surface area contributed by atoms with Crippen molar-refractivity contribution < 1.29 is 19.1 Å². The van der Waals surface area contributed by atoms with Crippen molar-refractivity contribution in [2.45, 2.75) is 52.7 Å². The van der Waals surface area contributed by atoms with Gasteiger partial charge in [0.15, 0.2) is 0 Å². The Kier molecular flexibility index (Phi) is 8.19. The van der Waals surface area contributed by atoms with Crippen LogP contribution in [0.15, 0.2) is 54.6 Å². The van der Waals surface area contributed by atoms with Crippen LogP contribution in [0.3, 0.4) is 0 Å². The molecule has 0 saturated heterocycles. The Bertz CT molecular complexity index is 887. The summed E-state index contributed by atoms with van der Waals surface area (Å²) < 4.78 is 5.47. The van der Waals surface area contributed by atoms with Crippen LogP contribution in [0.25, 0.3) is 0 Å². The Hall–Kier alpha value is -3.35. The fraction of sp³-hybridized carbons (Fsp3) is 0.375. The number of benzene rings is 2. The van der Waals surface area contributed by atoms with Gasteiger partial charge in [-0.15, -0.1) is 0 Å². The maximum Gasteiger partial charge on any atom is 0.329 e. The first-order chi connectivity index (χ1) is 14.5. The molecule has 0 heterocycles. The van der Waals surface area contributed by atoms with E-state index in [1.54, 1.807) is 45.0 Å². The molecule has 3 amide bonds. The Morgan fingerprint density at radius 3 is 1.94 bits per heavy atom. The van der Waals surface area contributed by atoms with Crippen LogP contribution in [0.5, 0.6) is 0 Å². The van der Waals surface area contributed by atoms with Gasteiger partial charge in [0.25, 0.3) is 0 Å². The lowest BCUT2D eigenvalue weighted by Crippen LogP contribution is -2.47. The van der Waals surface area contributed by atoms with Gasteiger partial charge in [-0.25, -0.2) is 9.59 Å². The third-order valence-corrected chi connectivity index (χ3v) is 4.21. The molecule has 2 rings (SSSR count). The minimum Gasteiger partial charge on any atom is -0.458 e. The number of carbonyl (C=O) groups is 3. The fourth-order valence-corrected chi connectivity index (χ4v) is 2.66. The van der Waals surface area contributed by atoms with Crippen LogP contribution in [-0.2, 0) is 20.7 Å². The number of nitrogens with one attached hydrogen (secondary N) is 3. The molecule has 2 aromatic carbocycles. The Morgan fingerprint density at radius 1 is 0.871 bits per heavy atom. The van der Waals surface area contributed by atoms with Crippen LogP contribution in [0.1, 0.15) is 40.2 Å². The van der Waals surface area contributed by atoms with Gasteiger partial charge in [-0.3, -0.25) is 4.79 Å². The fourth-order valence-electron chi connectivity index (χ4n) is 2.66. The molecule has 0 unspecified atom stereocenters. The minimum atomic E-state index is -0.841. The van der Waals surface area contributed by atoms with E-state index < -0.39 is 23.6 Å². The first-order valence-electron chi connectivity index (χ1n) is 10.3. The van der Waals surface area contributed by atoms with Crippen molar-refractivity contribution in [3.05, 3.63) is 60.2 Å².